The first-order valence-electron chi connectivity index (χ1n) is 12.9. The molecule has 2 aliphatic rings. The highest BCUT2D eigenvalue weighted by atomic mass is 35.5. The highest BCUT2D eigenvalue weighted by Crippen LogP contribution is 2.40. The number of amides is 1. The highest BCUT2D eigenvalue weighted by molar-refractivity contribution is 6.31. The van der Waals surface area contributed by atoms with Crippen LogP contribution < -0.4 is 4.48 Å². The second-order valence-corrected chi connectivity index (χ2v) is 10.7. The number of piperazine rings is 1. The Bertz CT molecular complexity index is 1570. The largest absolute Gasteiger partial charge is 0.336 e. The molecule has 3 aromatic carbocycles. The Morgan fingerprint density at radius 1 is 0.947 bits per heavy atom. The van der Waals surface area contributed by atoms with Gasteiger partial charge in [-0.25, -0.2) is 9.47 Å². The van der Waals surface area contributed by atoms with E-state index in [0.29, 0.717) is 11.0 Å². The van der Waals surface area contributed by atoms with Crippen molar-refractivity contribution in [3.63, 3.8) is 0 Å². The van der Waals surface area contributed by atoms with Crippen molar-refractivity contribution >= 4 is 39.7 Å². The fourth-order valence-corrected chi connectivity index (χ4v) is 5.71. The van der Waals surface area contributed by atoms with Crippen molar-refractivity contribution < 1.29 is 4.79 Å². The van der Waals surface area contributed by atoms with Crippen molar-refractivity contribution in [3.8, 4) is 0 Å². The third-order valence-electron chi connectivity index (χ3n) is 7.67. The first-order chi connectivity index (χ1) is 18.4. The fourth-order valence-electron chi connectivity index (χ4n) is 5.52. The second-order valence-electron chi connectivity index (χ2n) is 10.3. The number of rotatable bonds is 5. The van der Waals surface area contributed by atoms with E-state index in [4.69, 9.17) is 11.6 Å². The van der Waals surface area contributed by atoms with Crippen molar-refractivity contribution in [2.45, 2.75) is 6.54 Å². The smallest absolute Gasteiger partial charge is 0.260 e. The highest BCUT2D eigenvalue weighted by Gasteiger charge is 2.39. The van der Waals surface area contributed by atoms with Gasteiger partial charge in [-0.1, -0.05) is 72.3 Å². The van der Waals surface area contributed by atoms with Gasteiger partial charge in [0.1, 0.15) is 24.2 Å². The number of imidazole rings is 1. The van der Waals surface area contributed by atoms with Gasteiger partial charge in [0.25, 0.3) is 5.91 Å². The third kappa shape index (κ3) is 4.45. The molecule has 6 rings (SSSR count). The lowest BCUT2D eigenvalue weighted by atomic mass is 9.94. The first-order valence-corrected chi connectivity index (χ1v) is 13.3. The molecule has 1 aromatic heterocycles. The van der Waals surface area contributed by atoms with Crippen molar-refractivity contribution in [1.82, 2.24) is 23.8 Å². The van der Waals surface area contributed by atoms with Crippen LogP contribution in [0.2, 0.25) is 5.02 Å². The van der Waals surface area contributed by atoms with Crippen LogP contribution in [0.1, 0.15) is 11.1 Å². The number of carbonyl (C=O) groups excluding carboxylic acids is 1. The Morgan fingerprint density at radius 2 is 1.68 bits per heavy atom. The number of aromatic nitrogens is 2. The molecule has 0 saturated carbocycles. The zero-order valence-electron chi connectivity index (χ0n) is 21.7. The first kappa shape index (κ1) is 24.6. The number of hydrogen-bond donors (Lipinski definition) is 0. The molecule has 38 heavy (non-hydrogen) atoms. The molecule has 0 spiro atoms. The summed E-state index contributed by atoms with van der Waals surface area (Å²) >= 11 is 6.49. The molecule has 2 aliphatic heterocycles. The number of fused-ring (bicyclic) bond motifs is 1. The number of benzene rings is 3. The molecule has 4 aromatic rings. The lowest BCUT2D eigenvalue weighted by Crippen LogP contribution is -2.47. The lowest BCUT2D eigenvalue weighted by Gasteiger charge is -2.32. The molecule has 0 N–H and O–H groups in total. The minimum Gasteiger partial charge on any atom is -0.336 e. The third-order valence-corrected chi connectivity index (χ3v) is 8.04. The van der Waals surface area contributed by atoms with Crippen molar-refractivity contribution in [2.75, 3.05) is 40.3 Å². The number of nitrogens with zero attached hydrogens (tertiary/aromatic N) is 5. The van der Waals surface area contributed by atoms with Crippen LogP contribution in [-0.2, 0) is 11.3 Å². The Kier molecular flexibility index (Phi) is 6.40. The zero-order valence-corrected chi connectivity index (χ0v) is 22.5. The van der Waals surface area contributed by atoms with E-state index in [0.717, 1.165) is 70.1 Å². The molecule has 6 nitrogen and oxygen atoms in total. The standard InChI is InChI=1S/C31H31ClN5O/c1-34-14-16-35(17-15-34)31(38)28-21-37(2,20-27(28)26-12-7-10-23-8-3-5-11-25(23)26)30-18-33-22-36(30)19-24-9-4-6-13-29(24)32/h3-13,18,20-22H,14-17,19H2,1-2H3/q+1. The number of halogens is 1. The summed E-state index contributed by atoms with van der Waals surface area (Å²) in [5, 5.41) is 3.02. The Hall–Kier alpha value is -3.71. The fraction of sp³-hybridized carbons (Fsp3) is 0.226. The van der Waals surface area contributed by atoms with E-state index in [9.17, 15) is 4.79 Å². The summed E-state index contributed by atoms with van der Waals surface area (Å²) in [5.74, 6) is 1.04. The molecule has 1 unspecified atom stereocenters. The van der Waals surface area contributed by atoms with Crippen molar-refractivity contribution in [3.05, 3.63) is 113 Å². The van der Waals surface area contributed by atoms with Gasteiger partial charge in [0.15, 0.2) is 0 Å². The maximum Gasteiger partial charge on any atom is 0.260 e. The molecule has 0 bridgehead atoms. The van der Waals surface area contributed by atoms with Crippen LogP contribution in [0.3, 0.4) is 0 Å². The summed E-state index contributed by atoms with van der Waals surface area (Å²) in [6.07, 6.45) is 7.98. The van der Waals surface area contributed by atoms with E-state index in [1.165, 1.54) is 0 Å². The Morgan fingerprint density at radius 3 is 2.50 bits per heavy atom. The molecular weight excluding hydrogens is 494 g/mol. The summed E-state index contributed by atoms with van der Waals surface area (Å²) in [7, 11) is 4.21. The number of carbonyl (C=O) groups is 1. The maximum absolute atomic E-state index is 14.1. The van der Waals surface area contributed by atoms with Crippen LogP contribution >= 0.6 is 11.6 Å². The predicted octanol–water partition coefficient (Wildman–Crippen LogP) is 5.39. The quantitative estimate of drug-likeness (QED) is 0.329. The number of hydrogen-bond acceptors (Lipinski definition) is 3. The van der Waals surface area contributed by atoms with E-state index in [-0.39, 0.29) is 5.91 Å². The van der Waals surface area contributed by atoms with Crippen LogP contribution in [-0.4, -0.2) is 65.5 Å². The summed E-state index contributed by atoms with van der Waals surface area (Å²) in [6, 6.07) is 22.5. The molecule has 1 atom stereocenters. The number of quaternary nitrogens is 1. The van der Waals surface area contributed by atoms with Gasteiger partial charge >= 0.3 is 0 Å². The van der Waals surface area contributed by atoms with E-state index in [1.54, 1.807) is 0 Å². The average molecular weight is 525 g/mol. The van der Waals surface area contributed by atoms with Crippen LogP contribution in [0.15, 0.2) is 97.2 Å². The molecule has 3 heterocycles. The molecule has 1 amide bonds. The van der Waals surface area contributed by atoms with Gasteiger partial charge in [0, 0.05) is 31.2 Å². The molecule has 1 fully saturated rings. The van der Waals surface area contributed by atoms with Crippen molar-refractivity contribution in [2.24, 2.45) is 0 Å². The van der Waals surface area contributed by atoms with Gasteiger partial charge in [-0.2, -0.15) is 0 Å². The topological polar surface area (TPSA) is 41.4 Å². The van der Waals surface area contributed by atoms with Gasteiger partial charge in [-0.3, -0.25) is 9.36 Å². The van der Waals surface area contributed by atoms with Gasteiger partial charge in [0.2, 0.25) is 5.82 Å². The van der Waals surface area contributed by atoms with Crippen LogP contribution in [0.5, 0.6) is 0 Å². The van der Waals surface area contributed by atoms with Gasteiger partial charge in [-0.15, -0.1) is 0 Å². The van der Waals surface area contributed by atoms with Gasteiger partial charge in [0.05, 0.1) is 25.5 Å². The summed E-state index contributed by atoms with van der Waals surface area (Å²) in [4.78, 5) is 22.8. The van der Waals surface area contributed by atoms with Crippen LogP contribution in [0.4, 0.5) is 5.82 Å². The van der Waals surface area contributed by atoms with E-state index < -0.39 is 0 Å². The molecule has 192 valence electrons. The van der Waals surface area contributed by atoms with Crippen LogP contribution in [0.25, 0.3) is 16.3 Å². The van der Waals surface area contributed by atoms with E-state index >= 15 is 0 Å². The van der Waals surface area contributed by atoms with E-state index in [2.05, 4.69) is 83.4 Å². The predicted molar refractivity (Wildman–Crippen MR) is 155 cm³/mol. The van der Waals surface area contributed by atoms with Crippen LogP contribution in [0, 0.1) is 0 Å². The van der Waals surface area contributed by atoms with Gasteiger partial charge in [-0.05, 0) is 35.0 Å². The molecule has 7 heteroatoms. The SMILES string of the molecule is CN1CCN(C(=O)C2=C[N+](C)(c3cncn3Cc3ccccc3Cl)C=C2c2cccc3ccccc23)CC1. The summed E-state index contributed by atoms with van der Waals surface area (Å²) in [6.45, 7) is 3.80. The molecule has 0 radical (unpaired) electrons. The second kappa shape index (κ2) is 9.87. The minimum absolute atomic E-state index is 0.0799. The summed E-state index contributed by atoms with van der Waals surface area (Å²) < 4.78 is 2.44. The molecule has 1 saturated heterocycles. The van der Waals surface area contributed by atoms with Gasteiger partial charge < -0.3 is 9.80 Å². The number of likely N-dealkylation sites (N-methyl/N-ethyl adjacent to an activating group) is 1. The lowest BCUT2D eigenvalue weighted by molar-refractivity contribution is -0.128. The van der Waals surface area contributed by atoms with E-state index in [1.807, 2.05) is 41.7 Å². The maximum atomic E-state index is 14.1. The normalized spacial score (nSPS) is 20.0. The monoisotopic (exact) mass is 524 g/mol. The molecule has 0 aliphatic carbocycles. The Balaban J connectivity index is 1.46. The van der Waals surface area contributed by atoms with Crippen molar-refractivity contribution in [1.29, 1.82) is 0 Å². The zero-order chi connectivity index (χ0) is 26.3. The average Bonchev–Trinajstić information content (AvgIpc) is 3.55. The summed E-state index contributed by atoms with van der Waals surface area (Å²) in [5.41, 5.74) is 3.78. The Labute approximate surface area is 228 Å². The minimum atomic E-state index is 0.0799. The molecular formula is C31H31ClN5O+.